The van der Waals surface area contributed by atoms with Crippen LogP contribution in [0, 0.1) is 0 Å². The van der Waals surface area contributed by atoms with Gasteiger partial charge in [0.1, 0.15) is 6.61 Å². The van der Waals surface area contributed by atoms with Crippen molar-refractivity contribution < 1.29 is 14.3 Å². The van der Waals surface area contributed by atoms with Gasteiger partial charge in [0.25, 0.3) is 0 Å². The van der Waals surface area contributed by atoms with Crippen molar-refractivity contribution in [2.45, 2.75) is 50.2 Å². The normalized spacial score (nSPS) is 23.6. The number of halogens is 1. The summed E-state index contributed by atoms with van der Waals surface area (Å²) in [4.78, 5) is 12.0. The maximum atomic E-state index is 12.0. The fourth-order valence-electron chi connectivity index (χ4n) is 3.31. The van der Waals surface area contributed by atoms with Crippen molar-refractivity contribution in [3.8, 4) is 0 Å². The van der Waals surface area contributed by atoms with Gasteiger partial charge in [0.05, 0.1) is 28.0 Å². The molecule has 1 saturated heterocycles. The van der Waals surface area contributed by atoms with Crippen LogP contribution < -0.4 is 5.73 Å². The second-order valence-corrected chi connectivity index (χ2v) is 6.41. The van der Waals surface area contributed by atoms with Gasteiger partial charge in [-0.05, 0) is 43.9 Å². The molecule has 2 N–H and O–H groups in total. The summed E-state index contributed by atoms with van der Waals surface area (Å²) in [6.07, 6.45) is 6.86. The Morgan fingerprint density at radius 3 is 2.86 bits per heavy atom. The van der Waals surface area contributed by atoms with Crippen molar-refractivity contribution in [2.24, 2.45) is 0 Å². The molecule has 1 unspecified atom stereocenters. The highest BCUT2D eigenvalue weighted by Crippen LogP contribution is 2.43. The van der Waals surface area contributed by atoms with Gasteiger partial charge in [0.2, 0.25) is 0 Å². The van der Waals surface area contributed by atoms with Gasteiger partial charge in [-0.2, -0.15) is 0 Å². The monoisotopic (exact) mass is 309 g/mol. The average molecular weight is 310 g/mol. The quantitative estimate of drug-likeness (QED) is 0.685. The molecule has 4 nitrogen and oxygen atoms in total. The average Bonchev–Trinajstić information content (AvgIpc) is 3.10. The van der Waals surface area contributed by atoms with Crippen LogP contribution in [0.5, 0.6) is 0 Å². The molecule has 1 aliphatic heterocycles. The van der Waals surface area contributed by atoms with Crippen LogP contribution in [0.2, 0.25) is 5.02 Å². The number of nitrogen functional groups attached to an aromatic ring is 1. The number of ether oxygens (including phenoxy) is 2. The Bertz CT molecular complexity index is 540. The molecule has 1 saturated carbocycles. The Morgan fingerprint density at radius 1 is 1.38 bits per heavy atom. The number of esters is 1. The Balaban J connectivity index is 1.53. The third kappa shape index (κ3) is 3.16. The first-order valence-corrected chi connectivity index (χ1v) is 7.86. The minimum Gasteiger partial charge on any atom is -0.459 e. The van der Waals surface area contributed by atoms with Crippen molar-refractivity contribution in [3.05, 3.63) is 28.8 Å². The number of carbonyl (C=O) groups is 1. The first-order valence-electron chi connectivity index (χ1n) is 7.48. The van der Waals surface area contributed by atoms with E-state index in [1.807, 2.05) is 0 Å². The summed E-state index contributed by atoms with van der Waals surface area (Å²) in [6, 6.07) is 4.77. The number of anilines is 1. The zero-order chi connectivity index (χ0) is 14.9. The lowest BCUT2D eigenvalue weighted by atomic mass is 9.98. The smallest absolute Gasteiger partial charge is 0.338 e. The van der Waals surface area contributed by atoms with Gasteiger partial charge < -0.3 is 15.2 Å². The summed E-state index contributed by atoms with van der Waals surface area (Å²) in [6.45, 7) is 0.308. The van der Waals surface area contributed by atoms with Crippen LogP contribution in [0.1, 0.15) is 48.9 Å². The molecular formula is C16H20ClNO3. The highest BCUT2D eigenvalue weighted by atomic mass is 35.5. The van der Waals surface area contributed by atoms with Crippen molar-refractivity contribution in [2.75, 3.05) is 12.3 Å². The number of hydrogen-bond donors (Lipinski definition) is 1. The minimum absolute atomic E-state index is 0.0244. The van der Waals surface area contributed by atoms with E-state index in [1.165, 1.54) is 18.9 Å². The molecule has 0 radical (unpaired) electrons. The predicted molar refractivity (Wildman–Crippen MR) is 81.5 cm³/mol. The van der Waals surface area contributed by atoms with Crippen molar-refractivity contribution in [3.63, 3.8) is 0 Å². The highest BCUT2D eigenvalue weighted by Gasteiger charge is 2.42. The third-order valence-electron chi connectivity index (χ3n) is 4.49. The molecule has 0 bridgehead atoms. The maximum absolute atomic E-state index is 12.0. The fraction of sp³-hybridized carbons (Fsp3) is 0.562. The van der Waals surface area contributed by atoms with E-state index in [4.69, 9.17) is 26.8 Å². The molecule has 0 aromatic heterocycles. The number of rotatable bonds is 3. The molecule has 1 aliphatic carbocycles. The number of benzene rings is 1. The molecule has 2 fully saturated rings. The predicted octanol–water partition coefficient (Wildman–Crippen LogP) is 3.57. The largest absolute Gasteiger partial charge is 0.459 e. The highest BCUT2D eigenvalue weighted by molar-refractivity contribution is 6.33. The molecule has 1 aromatic carbocycles. The summed E-state index contributed by atoms with van der Waals surface area (Å²) < 4.78 is 11.5. The van der Waals surface area contributed by atoms with Gasteiger partial charge in [0, 0.05) is 0 Å². The van der Waals surface area contributed by atoms with E-state index in [9.17, 15) is 4.79 Å². The zero-order valence-corrected chi connectivity index (χ0v) is 12.7. The van der Waals surface area contributed by atoms with E-state index >= 15 is 0 Å². The first-order chi connectivity index (χ1) is 10.1. The second-order valence-electron chi connectivity index (χ2n) is 6.00. The molecule has 114 valence electrons. The molecular weight excluding hydrogens is 290 g/mol. The summed E-state index contributed by atoms with van der Waals surface area (Å²) in [5, 5.41) is 0.367. The topological polar surface area (TPSA) is 61.6 Å². The van der Waals surface area contributed by atoms with E-state index in [1.54, 1.807) is 12.1 Å². The van der Waals surface area contributed by atoms with Crippen LogP contribution in [0.4, 0.5) is 5.69 Å². The van der Waals surface area contributed by atoms with Crippen LogP contribution in [0.15, 0.2) is 18.2 Å². The molecule has 21 heavy (non-hydrogen) atoms. The molecule has 3 rings (SSSR count). The van der Waals surface area contributed by atoms with E-state index in [-0.39, 0.29) is 17.7 Å². The van der Waals surface area contributed by atoms with Gasteiger partial charge >= 0.3 is 5.97 Å². The second kappa shape index (κ2) is 5.85. The van der Waals surface area contributed by atoms with Gasteiger partial charge in [-0.1, -0.05) is 24.4 Å². The standard InChI is InChI=1S/C16H20ClNO3/c17-13-9-11(3-4-14(13)18)15(19)20-10-12-5-8-16(21-12)6-1-2-7-16/h3-4,9,12H,1-2,5-8,10,18H2. The summed E-state index contributed by atoms with van der Waals surface area (Å²) in [5.41, 5.74) is 6.57. The molecule has 1 aromatic rings. The van der Waals surface area contributed by atoms with Crippen LogP contribution in [-0.2, 0) is 9.47 Å². The van der Waals surface area contributed by atoms with Crippen LogP contribution >= 0.6 is 11.6 Å². The third-order valence-corrected chi connectivity index (χ3v) is 4.82. The van der Waals surface area contributed by atoms with Crippen LogP contribution in [-0.4, -0.2) is 24.3 Å². The van der Waals surface area contributed by atoms with Crippen molar-refractivity contribution in [1.29, 1.82) is 0 Å². The molecule has 2 aliphatic rings. The molecule has 0 amide bonds. The van der Waals surface area contributed by atoms with E-state index in [0.717, 1.165) is 25.7 Å². The van der Waals surface area contributed by atoms with E-state index in [2.05, 4.69) is 0 Å². The van der Waals surface area contributed by atoms with Crippen molar-refractivity contribution >= 4 is 23.3 Å². The zero-order valence-electron chi connectivity index (χ0n) is 11.9. The van der Waals surface area contributed by atoms with Gasteiger partial charge in [-0.3, -0.25) is 0 Å². The number of hydrogen-bond acceptors (Lipinski definition) is 4. The van der Waals surface area contributed by atoms with Crippen molar-refractivity contribution in [1.82, 2.24) is 0 Å². The van der Waals surface area contributed by atoms with Gasteiger partial charge in [-0.15, -0.1) is 0 Å². The SMILES string of the molecule is Nc1ccc(C(=O)OCC2CCC3(CCCC3)O2)cc1Cl. The molecule has 1 atom stereocenters. The summed E-state index contributed by atoms with van der Waals surface area (Å²) in [5.74, 6) is -0.382. The Hall–Kier alpha value is -1.26. The molecule has 5 heteroatoms. The van der Waals surface area contributed by atoms with Crippen LogP contribution in [0.3, 0.4) is 0 Å². The Morgan fingerprint density at radius 2 is 2.14 bits per heavy atom. The minimum atomic E-state index is -0.382. The van der Waals surface area contributed by atoms with E-state index < -0.39 is 0 Å². The summed E-state index contributed by atoms with van der Waals surface area (Å²) in [7, 11) is 0. The van der Waals surface area contributed by atoms with E-state index in [0.29, 0.717) is 22.9 Å². The fourth-order valence-corrected chi connectivity index (χ4v) is 3.49. The molecule has 1 heterocycles. The van der Waals surface area contributed by atoms with Gasteiger partial charge in [0.15, 0.2) is 0 Å². The van der Waals surface area contributed by atoms with Crippen LogP contribution in [0.25, 0.3) is 0 Å². The summed E-state index contributed by atoms with van der Waals surface area (Å²) >= 11 is 5.91. The number of carbonyl (C=O) groups excluding carboxylic acids is 1. The Kier molecular flexibility index (Phi) is 4.09. The first kappa shape index (κ1) is 14.7. The lowest BCUT2D eigenvalue weighted by Crippen LogP contribution is -2.27. The van der Waals surface area contributed by atoms with Gasteiger partial charge in [-0.25, -0.2) is 4.79 Å². The maximum Gasteiger partial charge on any atom is 0.338 e. The number of nitrogens with two attached hydrogens (primary N) is 1. The lowest BCUT2D eigenvalue weighted by Gasteiger charge is -2.23. The Labute approximate surface area is 129 Å². The lowest BCUT2D eigenvalue weighted by molar-refractivity contribution is -0.0598. The molecule has 1 spiro atoms.